The zero-order valence-electron chi connectivity index (χ0n) is 10.2. The molecule has 1 heteroatoms. The highest BCUT2D eigenvalue weighted by Gasteiger charge is 2.38. The lowest BCUT2D eigenvalue weighted by atomic mass is 9.71. The molecule has 1 aromatic rings. The van der Waals surface area contributed by atoms with E-state index in [4.69, 9.17) is 0 Å². The summed E-state index contributed by atoms with van der Waals surface area (Å²) < 4.78 is 0. The van der Waals surface area contributed by atoms with Crippen molar-refractivity contribution in [1.29, 1.82) is 0 Å². The first kappa shape index (κ1) is 12.3. The lowest BCUT2D eigenvalue weighted by molar-refractivity contribution is -0.0603. The molecule has 1 rings (SSSR count). The molecule has 0 fully saturated rings. The number of benzene rings is 1. The third kappa shape index (κ3) is 2.82. The Labute approximate surface area is 93.1 Å². The first-order valence-electron chi connectivity index (χ1n) is 5.65. The van der Waals surface area contributed by atoms with Crippen LogP contribution in [0.5, 0.6) is 0 Å². The summed E-state index contributed by atoms with van der Waals surface area (Å²) in [6, 6.07) is 10.2. The van der Waals surface area contributed by atoms with E-state index in [-0.39, 0.29) is 5.41 Å². The van der Waals surface area contributed by atoms with Gasteiger partial charge in [-0.25, -0.2) is 0 Å². The van der Waals surface area contributed by atoms with Gasteiger partial charge in [0, 0.05) is 6.42 Å². The Kier molecular flexibility index (Phi) is 3.56. The first-order valence-corrected chi connectivity index (χ1v) is 5.65. The molecule has 1 atom stereocenters. The van der Waals surface area contributed by atoms with Crippen LogP contribution in [0.2, 0.25) is 0 Å². The van der Waals surface area contributed by atoms with E-state index in [1.165, 1.54) is 5.56 Å². The van der Waals surface area contributed by atoms with E-state index in [2.05, 4.69) is 32.9 Å². The van der Waals surface area contributed by atoms with E-state index in [1.54, 1.807) is 0 Å². The zero-order valence-corrected chi connectivity index (χ0v) is 10.2. The van der Waals surface area contributed by atoms with Gasteiger partial charge in [0.1, 0.15) is 0 Å². The van der Waals surface area contributed by atoms with Crippen LogP contribution in [0.4, 0.5) is 0 Å². The largest absolute Gasteiger partial charge is 0.389 e. The molecule has 0 heterocycles. The quantitative estimate of drug-likeness (QED) is 0.803. The number of hydrogen-bond donors (Lipinski definition) is 1. The van der Waals surface area contributed by atoms with Crippen LogP contribution in [0, 0.1) is 5.41 Å². The van der Waals surface area contributed by atoms with E-state index in [0.717, 1.165) is 12.8 Å². The minimum Gasteiger partial charge on any atom is -0.389 e. The summed E-state index contributed by atoms with van der Waals surface area (Å²) in [7, 11) is 0. The highest BCUT2D eigenvalue weighted by atomic mass is 16.3. The van der Waals surface area contributed by atoms with Gasteiger partial charge >= 0.3 is 0 Å². The zero-order chi connectivity index (χ0) is 11.5. The molecule has 0 aromatic heterocycles. The summed E-state index contributed by atoms with van der Waals surface area (Å²) in [6.45, 7) is 8.34. The minimum atomic E-state index is -0.617. The highest BCUT2D eigenvalue weighted by molar-refractivity contribution is 5.18. The van der Waals surface area contributed by atoms with Crippen LogP contribution in [0.15, 0.2) is 30.3 Å². The van der Waals surface area contributed by atoms with Gasteiger partial charge in [-0.1, -0.05) is 58.0 Å². The van der Waals surface area contributed by atoms with Crippen LogP contribution in [0.1, 0.15) is 39.7 Å². The van der Waals surface area contributed by atoms with Crippen molar-refractivity contribution < 1.29 is 5.11 Å². The summed E-state index contributed by atoms with van der Waals surface area (Å²) in [6.07, 6.45) is 1.51. The van der Waals surface area contributed by atoms with Gasteiger partial charge in [-0.2, -0.15) is 0 Å². The predicted octanol–water partition coefficient (Wildman–Crippen LogP) is 3.42. The van der Waals surface area contributed by atoms with Gasteiger partial charge < -0.3 is 5.11 Å². The van der Waals surface area contributed by atoms with Gasteiger partial charge in [0.2, 0.25) is 0 Å². The Hall–Kier alpha value is -0.820. The van der Waals surface area contributed by atoms with Gasteiger partial charge in [0.25, 0.3) is 0 Å². The fourth-order valence-corrected chi connectivity index (χ4v) is 1.85. The lowest BCUT2D eigenvalue weighted by Gasteiger charge is -2.40. The molecule has 0 bridgehead atoms. The minimum absolute atomic E-state index is 0.0857. The maximum atomic E-state index is 10.6. The maximum Gasteiger partial charge on any atom is 0.0733 e. The molecule has 1 unspecified atom stereocenters. The van der Waals surface area contributed by atoms with Gasteiger partial charge in [-0.3, -0.25) is 0 Å². The molecule has 84 valence electrons. The summed E-state index contributed by atoms with van der Waals surface area (Å²) in [5.41, 5.74) is 0.503. The summed E-state index contributed by atoms with van der Waals surface area (Å²) in [5, 5.41) is 10.6. The molecule has 1 nitrogen and oxygen atoms in total. The molecule has 0 aliphatic carbocycles. The van der Waals surface area contributed by atoms with Crippen LogP contribution < -0.4 is 0 Å². The topological polar surface area (TPSA) is 20.2 Å². The Morgan fingerprint density at radius 1 is 1.07 bits per heavy atom. The Balaban J connectivity index is 2.87. The molecule has 0 radical (unpaired) electrons. The van der Waals surface area contributed by atoms with Crippen LogP contribution in [-0.2, 0) is 6.42 Å². The van der Waals surface area contributed by atoms with E-state index in [0.29, 0.717) is 0 Å². The normalized spacial score (nSPS) is 16.1. The summed E-state index contributed by atoms with van der Waals surface area (Å²) >= 11 is 0. The molecule has 15 heavy (non-hydrogen) atoms. The Bertz CT molecular complexity index is 297. The van der Waals surface area contributed by atoms with Crippen molar-refractivity contribution in [2.24, 2.45) is 5.41 Å². The van der Waals surface area contributed by atoms with E-state index >= 15 is 0 Å². The van der Waals surface area contributed by atoms with E-state index < -0.39 is 5.60 Å². The standard InChI is InChI=1S/C14H22O/c1-5-14(15,13(2,3)4)11-12-9-7-6-8-10-12/h6-10,15H,5,11H2,1-4H3. The molecule has 0 aliphatic heterocycles. The van der Waals surface area contributed by atoms with Crippen molar-refractivity contribution in [3.63, 3.8) is 0 Å². The smallest absolute Gasteiger partial charge is 0.0733 e. The van der Waals surface area contributed by atoms with Crippen LogP contribution in [-0.4, -0.2) is 10.7 Å². The van der Waals surface area contributed by atoms with Gasteiger partial charge in [0.15, 0.2) is 0 Å². The van der Waals surface area contributed by atoms with Crippen molar-refractivity contribution >= 4 is 0 Å². The third-order valence-electron chi connectivity index (χ3n) is 3.32. The second kappa shape index (κ2) is 4.36. The molecular weight excluding hydrogens is 184 g/mol. The van der Waals surface area contributed by atoms with Crippen molar-refractivity contribution in [2.45, 2.75) is 46.1 Å². The molecular formula is C14H22O. The molecule has 1 N–H and O–H groups in total. The Morgan fingerprint density at radius 2 is 1.60 bits per heavy atom. The van der Waals surface area contributed by atoms with Crippen molar-refractivity contribution in [2.75, 3.05) is 0 Å². The van der Waals surface area contributed by atoms with Crippen LogP contribution in [0.3, 0.4) is 0 Å². The van der Waals surface area contributed by atoms with Gasteiger partial charge in [-0.15, -0.1) is 0 Å². The summed E-state index contributed by atoms with van der Waals surface area (Å²) in [4.78, 5) is 0. The molecule has 0 amide bonds. The Morgan fingerprint density at radius 3 is 2.00 bits per heavy atom. The number of rotatable bonds is 3. The fourth-order valence-electron chi connectivity index (χ4n) is 1.85. The SMILES string of the molecule is CCC(O)(Cc1ccccc1)C(C)(C)C. The van der Waals surface area contributed by atoms with Crippen molar-refractivity contribution in [3.05, 3.63) is 35.9 Å². The van der Waals surface area contributed by atoms with Gasteiger partial charge in [-0.05, 0) is 17.4 Å². The monoisotopic (exact) mass is 206 g/mol. The molecule has 1 aromatic carbocycles. The average Bonchev–Trinajstić information content (AvgIpc) is 2.17. The van der Waals surface area contributed by atoms with Crippen LogP contribution >= 0.6 is 0 Å². The predicted molar refractivity (Wildman–Crippen MR) is 64.8 cm³/mol. The van der Waals surface area contributed by atoms with Crippen LogP contribution in [0.25, 0.3) is 0 Å². The molecule has 0 saturated carbocycles. The van der Waals surface area contributed by atoms with Crippen molar-refractivity contribution in [3.8, 4) is 0 Å². The molecule has 0 aliphatic rings. The third-order valence-corrected chi connectivity index (χ3v) is 3.32. The molecule has 0 saturated heterocycles. The van der Waals surface area contributed by atoms with E-state index in [1.807, 2.05) is 25.1 Å². The van der Waals surface area contributed by atoms with Crippen molar-refractivity contribution in [1.82, 2.24) is 0 Å². The number of hydrogen-bond acceptors (Lipinski definition) is 1. The summed E-state index contributed by atoms with van der Waals surface area (Å²) in [5.74, 6) is 0. The highest BCUT2D eigenvalue weighted by Crippen LogP contribution is 2.35. The average molecular weight is 206 g/mol. The second-order valence-corrected chi connectivity index (χ2v) is 5.30. The fraction of sp³-hybridized carbons (Fsp3) is 0.571. The first-order chi connectivity index (χ1) is 6.89. The maximum absolute atomic E-state index is 10.6. The molecule has 0 spiro atoms. The van der Waals surface area contributed by atoms with Gasteiger partial charge in [0.05, 0.1) is 5.60 Å². The van der Waals surface area contributed by atoms with E-state index in [9.17, 15) is 5.11 Å². The lowest BCUT2D eigenvalue weighted by Crippen LogP contribution is -2.44. The number of aliphatic hydroxyl groups is 1. The second-order valence-electron chi connectivity index (χ2n) is 5.30.